The minimum absolute atomic E-state index is 0.242. The third kappa shape index (κ3) is 3.15. The van der Waals surface area contributed by atoms with E-state index >= 15 is 0 Å². The SMILES string of the molecule is CN(C)/C(=C\c1nccc(=O)[nH]1)c1nccc(=O)[nH]1. The van der Waals surface area contributed by atoms with Gasteiger partial charge in [0.2, 0.25) is 0 Å². The Hall–Kier alpha value is -2.70. The monoisotopic (exact) mass is 259 g/mol. The molecule has 2 rings (SSSR count). The Bertz CT molecular complexity index is 714. The molecule has 0 saturated heterocycles. The number of aromatic nitrogens is 4. The third-order valence-corrected chi connectivity index (χ3v) is 2.36. The summed E-state index contributed by atoms with van der Waals surface area (Å²) in [6.07, 6.45) is 4.48. The molecule has 0 unspecified atom stereocenters. The van der Waals surface area contributed by atoms with E-state index in [1.165, 1.54) is 24.5 Å². The fraction of sp³-hybridized carbons (Fsp3) is 0.167. The number of nitrogens with zero attached hydrogens (tertiary/aromatic N) is 3. The van der Waals surface area contributed by atoms with Gasteiger partial charge in [-0.2, -0.15) is 0 Å². The quantitative estimate of drug-likeness (QED) is 0.803. The Morgan fingerprint density at radius 2 is 1.74 bits per heavy atom. The van der Waals surface area contributed by atoms with Crippen molar-refractivity contribution in [2.75, 3.05) is 14.1 Å². The molecule has 2 aromatic rings. The maximum absolute atomic E-state index is 11.3. The van der Waals surface area contributed by atoms with E-state index in [0.717, 1.165) is 0 Å². The number of H-pyrrole nitrogens is 2. The lowest BCUT2D eigenvalue weighted by Crippen LogP contribution is -2.17. The van der Waals surface area contributed by atoms with E-state index in [-0.39, 0.29) is 11.1 Å². The van der Waals surface area contributed by atoms with E-state index < -0.39 is 0 Å². The summed E-state index contributed by atoms with van der Waals surface area (Å²) in [5.74, 6) is 0.798. The molecule has 2 aromatic heterocycles. The van der Waals surface area contributed by atoms with E-state index in [9.17, 15) is 9.59 Å². The second kappa shape index (κ2) is 5.30. The molecular formula is C12H13N5O2. The first-order valence-corrected chi connectivity index (χ1v) is 5.56. The van der Waals surface area contributed by atoms with Gasteiger partial charge in [-0.25, -0.2) is 9.97 Å². The number of rotatable bonds is 3. The van der Waals surface area contributed by atoms with Gasteiger partial charge < -0.3 is 14.9 Å². The van der Waals surface area contributed by atoms with Crippen LogP contribution in [-0.4, -0.2) is 38.9 Å². The predicted molar refractivity (Wildman–Crippen MR) is 71.3 cm³/mol. The standard InChI is InChI=1S/C12H13N5O2/c1-17(2)8(12-14-6-4-11(19)16-12)7-9-13-5-3-10(18)15-9/h3-7H,1-2H3,(H,13,15,18)(H,14,16,19)/b8-7-. The number of aromatic amines is 2. The molecule has 0 aliphatic heterocycles. The Kier molecular flexibility index (Phi) is 3.56. The zero-order valence-electron chi connectivity index (χ0n) is 10.5. The van der Waals surface area contributed by atoms with Gasteiger partial charge in [-0.1, -0.05) is 0 Å². The highest BCUT2D eigenvalue weighted by molar-refractivity contribution is 5.74. The molecule has 0 aliphatic carbocycles. The van der Waals surface area contributed by atoms with Gasteiger partial charge in [0.1, 0.15) is 5.82 Å². The molecule has 7 nitrogen and oxygen atoms in total. The Morgan fingerprint density at radius 3 is 2.32 bits per heavy atom. The lowest BCUT2D eigenvalue weighted by atomic mass is 10.3. The lowest BCUT2D eigenvalue weighted by molar-refractivity contribution is 0.587. The molecule has 19 heavy (non-hydrogen) atoms. The van der Waals surface area contributed by atoms with E-state index in [1.54, 1.807) is 25.1 Å². The molecule has 0 aromatic carbocycles. The van der Waals surface area contributed by atoms with Gasteiger partial charge in [-0.15, -0.1) is 0 Å². The average Bonchev–Trinajstić information content (AvgIpc) is 2.35. The fourth-order valence-corrected chi connectivity index (χ4v) is 1.50. The highest BCUT2D eigenvalue weighted by Gasteiger charge is 2.07. The largest absolute Gasteiger partial charge is 0.375 e. The first-order chi connectivity index (χ1) is 9.06. The summed E-state index contributed by atoms with van der Waals surface area (Å²) >= 11 is 0. The van der Waals surface area contributed by atoms with Crippen LogP contribution in [0.25, 0.3) is 11.8 Å². The van der Waals surface area contributed by atoms with Crippen molar-refractivity contribution in [3.05, 3.63) is 56.9 Å². The summed E-state index contributed by atoms with van der Waals surface area (Å²) in [4.78, 5) is 37.6. The van der Waals surface area contributed by atoms with Crippen LogP contribution < -0.4 is 11.1 Å². The number of hydrogen-bond donors (Lipinski definition) is 2. The zero-order valence-corrected chi connectivity index (χ0v) is 10.5. The summed E-state index contributed by atoms with van der Waals surface area (Å²) in [6, 6.07) is 2.66. The highest BCUT2D eigenvalue weighted by atomic mass is 16.1. The Morgan fingerprint density at radius 1 is 1.11 bits per heavy atom. The summed E-state index contributed by atoms with van der Waals surface area (Å²) in [7, 11) is 3.61. The van der Waals surface area contributed by atoms with Crippen LogP contribution in [0.4, 0.5) is 0 Å². The summed E-state index contributed by atoms with van der Waals surface area (Å²) in [5.41, 5.74) is 0.146. The van der Waals surface area contributed by atoms with Crippen molar-refractivity contribution in [2.24, 2.45) is 0 Å². The molecular weight excluding hydrogens is 246 g/mol. The summed E-state index contributed by atoms with van der Waals surface area (Å²) < 4.78 is 0. The lowest BCUT2D eigenvalue weighted by Gasteiger charge is -2.15. The molecule has 98 valence electrons. The van der Waals surface area contributed by atoms with Crippen molar-refractivity contribution in [1.29, 1.82) is 0 Å². The van der Waals surface area contributed by atoms with Crippen LogP contribution in [0.15, 0.2) is 34.1 Å². The molecule has 0 bridgehead atoms. The van der Waals surface area contributed by atoms with Gasteiger partial charge in [0.25, 0.3) is 11.1 Å². The van der Waals surface area contributed by atoms with E-state index in [1.807, 2.05) is 0 Å². The number of hydrogen-bond acceptors (Lipinski definition) is 5. The third-order valence-electron chi connectivity index (χ3n) is 2.36. The Balaban J connectivity index is 2.52. The summed E-state index contributed by atoms with van der Waals surface area (Å²) in [6.45, 7) is 0. The second-order valence-corrected chi connectivity index (χ2v) is 4.03. The second-order valence-electron chi connectivity index (χ2n) is 4.03. The van der Waals surface area contributed by atoms with Gasteiger partial charge in [-0.3, -0.25) is 9.59 Å². The molecule has 0 spiro atoms. The average molecular weight is 259 g/mol. The van der Waals surface area contributed by atoms with Crippen molar-refractivity contribution in [1.82, 2.24) is 24.8 Å². The Labute approximate surface area is 108 Å². The fourth-order valence-electron chi connectivity index (χ4n) is 1.50. The van der Waals surface area contributed by atoms with Crippen molar-refractivity contribution in [3.63, 3.8) is 0 Å². The molecule has 0 radical (unpaired) electrons. The van der Waals surface area contributed by atoms with Gasteiger partial charge in [0, 0.05) is 44.7 Å². The van der Waals surface area contributed by atoms with Crippen molar-refractivity contribution >= 4 is 11.8 Å². The molecule has 2 N–H and O–H groups in total. The molecule has 7 heteroatoms. The maximum atomic E-state index is 11.3. The maximum Gasteiger partial charge on any atom is 0.251 e. The van der Waals surface area contributed by atoms with Crippen LogP contribution in [0, 0.1) is 0 Å². The first kappa shape index (κ1) is 12.7. The smallest absolute Gasteiger partial charge is 0.251 e. The van der Waals surface area contributed by atoms with Crippen LogP contribution in [-0.2, 0) is 0 Å². The predicted octanol–water partition coefficient (Wildman–Crippen LogP) is -0.0871. The molecule has 0 fully saturated rings. The topological polar surface area (TPSA) is 94.7 Å². The number of nitrogens with one attached hydrogen (secondary N) is 2. The van der Waals surface area contributed by atoms with Gasteiger partial charge >= 0.3 is 0 Å². The van der Waals surface area contributed by atoms with Crippen molar-refractivity contribution in [2.45, 2.75) is 0 Å². The van der Waals surface area contributed by atoms with Crippen LogP contribution in [0.2, 0.25) is 0 Å². The van der Waals surface area contributed by atoms with Crippen LogP contribution in [0.5, 0.6) is 0 Å². The van der Waals surface area contributed by atoms with Crippen molar-refractivity contribution < 1.29 is 0 Å². The van der Waals surface area contributed by atoms with Crippen molar-refractivity contribution in [3.8, 4) is 0 Å². The van der Waals surface area contributed by atoms with E-state index in [0.29, 0.717) is 17.3 Å². The molecule has 0 saturated carbocycles. The first-order valence-electron chi connectivity index (χ1n) is 5.56. The van der Waals surface area contributed by atoms with Crippen LogP contribution >= 0.6 is 0 Å². The van der Waals surface area contributed by atoms with Gasteiger partial charge in [-0.05, 0) is 0 Å². The van der Waals surface area contributed by atoms with Gasteiger partial charge in [0.05, 0.1) is 5.70 Å². The summed E-state index contributed by atoms with van der Waals surface area (Å²) in [5, 5.41) is 0. The van der Waals surface area contributed by atoms with E-state index in [4.69, 9.17) is 0 Å². The highest BCUT2D eigenvalue weighted by Crippen LogP contribution is 2.12. The van der Waals surface area contributed by atoms with Gasteiger partial charge in [0.15, 0.2) is 5.82 Å². The molecule has 0 aliphatic rings. The molecule has 0 amide bonds. The molecule has 2 heterocycles. The van der Waals surface area contributed by atoms with E-state index in [2.05, 4.69) is 19.9 Å². The minimum Gasteiger partial charge on any atom is -0.375 e. The van der Waals surface area contributed by atoms with Crippen LogP contribution in [0.1, 0.15) is 11.6 Å². The molecule has 0 atom stereocenters. The zero-order chi connectivity index (χ0) is 13.8. The minimum atomic E-state index is -0.243. The van der Waals surface area contributed by atoms with Crippen LogP contribution in [0.3, 0.4) is 0 Å². The normalized spacial score (nSPS) is 11.4.